The third-order valence-corrected chi connectivity index (χ3v) is 11.4. The number of allylic oxidation sites excluding steroid dienone is 3. The Morgan fingerprint density at radius 1 is 0.889 bits per heavy atom. The van der Waals surface area contributed by atoms with E-state index in [1.807, 2.05) is 60.7 Å². The lowest BCUT2D eigenvalue weighted by Gasteiger charge is -2.38. The molecular formula is C31H29N2O2P. The Kier molecular flexibility index (Phi) is 6.68. The topological polar surface area (TPSA) is 53.3 Å². The van der Waals surface area contributed by atoms with E-state index in [9.17, 15) is 10.1 Å². The van der Waals surface area contributed by atoms with Crippen LogP contribution in [-0.2, 0) is 4.79 Å². The zero-order valence-corrected chi connectivity index (χ0v) is 21.5. The predicted molar refractivity (Wildman–Crippen MR) is 149 cm³/mol. The maximum absolute atomic E-state index is 13.7. The largest absolute Gasteiger partial charge is 0.497 e. The van der Waals surface area contributed by atoms with E-state index < -0.39 is 6.89 Å². The molecule has 2 aliphatic rings. The van der Waals surface area contributed by atoms with Crippen LogP contribution in [-0.4, -0.2) is 36.2 Å². The number of ether oxygens (including phenoxy) is 1. The molecule has 180 valence electrons. The number of carbonyl (C=O) groups is 1. The molecule has 0 aliphatic carbocycles. The minimum absolute atomic E-state index is 0.00803. The summed E-state index contributed by atoms with van der Waals surface area (Å²) in [5.74, 6) is 0.756. The number of ketones is 1. The quantitative estimate of drug-likeness (QED) is 0.435. The highest BCUT2D eigenvalue weighted by atomic mass is 31.2. The average Bonchev–Trinajstić information content (AvgIpc) is 3.47. The monoisotopic (exact) mass is 492 g/mol. The number of hydrogen-bond donors (Lipinski definition) is 0. The summed E-state index contributed by atoms with van der Waals surface area (Å²) in [4.78, 5) is 16.1. The number of hydrogen-bond acceptors (Lipinski definition) is 4. The van der Waals surface area contributed by atoms with Crippen LogP contribution in [0.1, 0.15) is 25.3 Å². The lowest BCUT2D eigenvalue weighted by atomic mass is 9.98. The van der Waals surface area contributed by atoms with Crippen LogP contribution in [0.4, 0.5) is 0 Å². The smallest absolute Gasteiger partial charge is 0.161 e. The first-order chi connectivity index (χ1) is 17.6. The number of nitrogens with zero attached hydrogens (tertiary/aromatic N) is 2. The van der Waals surface area contributed by atoms with Gasteiger partial charge in [-0.1, -0.05) is 72.8 Å². The van der Waals surface area contributed by atoms with Gasteiger partial charge in [-0.15, -0.1) is 0 Å². The zero-order valence-electron chi connectivity index (χ0n) is 20.6. The molecule has 36 heavy (non-hydrogen) atoms. The summed E-state index contributed by atoms with van der Waals surface area (Å²) >= 11 is 0. The van der Waals surface area contributed by atoms with Crippen molar-refractivity contribution in [1.82, 2.24) is 4.90 Å². The minimum Gasteiger partial charge on any atom is -0.497 e. The Morgan fingerprint density at radius 3 is 1.92 bits per heavy atom. The molecule has 1 fully saturated rings. The van der Waals surface area contributed by atoms with Crippen LogP contribution in [0, 0.1) is 11.3 Å². The van der Waals surface area contributed by atoms with Gasteiger partial charge in [0.15, 0.2) is 5.78 Å². The van der Waals surface area contributed by atoms with Gasteiger partial charge in [0.2, 0.25) is 0 Å². The third-order valence-electron chi connectivity index (χ3n) is 7.02. The molecule has 0 N–H and O–H groups in total. The minimum atomic E-state index is -2.78. The highest BCUT2D eigenvalue weighted by Crippen LogP contribution is 2.60. The number of methoxy groups -OCH3 is 1. The molecule has 3 aromatic carbocycles. The first-order valence-corrected chi connectivity index (χ1v) is 14.0. The number of benzene rings is 3. The fourth-order valence-electron chi connectivity index (χ4n) is 5.45. The standard InChI is InChI=1S/C31H29N2O2P/c1-23(34)31-28(24-15-17-25(35-2)18-16-24)21-29(33-19-9-10-20-33)30(22-32)36(31,26-11-5-3-6-12-26)27-13-7-4-8-14-27/h3-8,11-18,21H,9-10,19-20H2,1-2H3. The van der Waals surface area contributed by atoms with Gasteiger partial charge < -0.3 is 9.64 Å². The molecule has 0 atom stereocenters. The summed E-state index contributed by atoms with van der Waals surface area (Å²) < 4.78 is 5.40. The van der Waals surface area contributed by atoms with Crippen molar-refractivity contribution in [3.05, 3.63) is 108 Å². The lowest BCUT2D eigenvalue weighted by Crippen LogP contribution is -2.33. The Balaban J connectivity index is 1.99. The summed E-state index contributed by atoms with van der Waals surface area (Å²) in [5, 5.41) is 14.3. The first-order valence-electron chi connectivity index (χ1n) is 12.3. The van der Waals surface area contributed by atoms with E-state index in [0.717, 1.165) is 64.4 Å². The first kappa shape index (κ1) is 23.9. The second-order valence-electron chi connectivity index (χ2n) is 9.07. The van der Waals surface area contributed by atoms with Crippen LogP contribution in [0.15, 0.2) is 102 Å². The molecule has 5 rings (SSSR count). The molecule has 5 heteroatoms. The maximum Gasteiger partial charge on any atom is 0.161 e. The maximum atomic E-state index is 13.7. The molecule has 2 heterocycles. The van der Waals surface area contributed by atoms with Crippen molar-refractivity contribution in [2.24, 2.45) is 0 Å². The number of rotatable bonds is 6. The Hall–Kier alpha value is -3.80. The van der Waals surface area contributed by atoms with Crippen LogP contribution in [0.2, 0.25) is 0 Å². The number of carbonyl (C=O) groups excluding carboxylic acids is 1. The molecule has 0 saturated carbocycles. The Morgan fingerprint density at radius 2 is 1.44 bits per heavy atom. The Labute approximate surface area is 213 Å². The van der Waals surface area contributed by atoms with Gasteiger partial charge >= 0.3 is 0 Å². The van der Waals surface area contributed by atoms with E-state index in [-0.39, 0.29) is 5.78 Å². The van der Waals surface area contributed by atoms with Crippen molar-refractivity contribution in [2.75, 3.05) is 20.2 Å². The van der Waals surface area contributed by atoms with Gasteiger partial charge in [0.1, 0.15) is 11.8 Å². The van der Waals surface area contributed by atoms with E-state index in [1.54, 1.807) is 14.0 Å². The normalized spacial score (nSPS) is 17.0. The summed E-state index contributed by atoms with van der Waals surface area (Å²) in [5.41, 5.74) is 2.80. The molecule has 0 unspecified atom stereocenters. The highest BCUT2D eigenvalue weighted by molar-refractivity contribution is 7.95. The fraction of sp³-hybridized carbons (Fsp3) is 0.194. The van der Waals surface area contributed by atoms with Gasteiger partial charge in [-0.05, 0) is 59.7 Å². The van der Waals surface area contributed by atoms with E-state index >= 15 is 0 Å². The average molecular weight is 493 g/mol. The summed E-state index contributed by atoms with van der Waals surface area (Å²) in [6.07, 6.45) is 4.28. The number of Topliss-reactive ketones (excluding diaryl/α,β-unsaturated/α-hetero) is 1. The molecule has 0 radical (unpaired) electrons. The van der Waals surface area contributed by atoms with Crippen LogP contribution in [0.5, 0.6) is 5.75 Å². The summed E-state index contributed by atoms with van der Waals surface area (Å²) in [6, 6.07) is 30.9. The lowest BCUT2D eigenvalue weighted by molar-refractivity contribution is -0.110. The van der Waals surface area contributed by atoms with E-state index in [2.05, 4.69) is 41.3 Å². The van der Waals surface area contributed by atoms with Gasteiger partial charge in [0.05, 0.1) is 18.1 Å². The van der Waals surface area contributed by atoms with Crippen LogP contribution >= 0.6 is 6.89 Å². The molecule has 0 spiro atoms. The van der Waals surface area contributed by atoms with E-state index in [1.165, 1.54) is 0 Å². The third kappa shape index (κ3) is 3.91. The van der Waals surface area contributed by atoms with Crippen molar-refractivity contribution in [3.8, 4) is 11.8 Å². The van der Waals surface area contributed by atoms with Crippen molar-refractivity contribution in [2.45, 2.75) is 19.8 Å². The van der Waals surface area contributed by atoms with Crippen molar-refractivity contribution >= 4 is 34.1 Å². The van der Waals surface area contributed by atoms with Gasteiger partial charge in [0, 0.05) is 25.3 Å². The van der Waals surface area contributed by atoms with Crippen LogP contribution in [0.25, 0.3) is 5.57 Å². The molecular weight excluding hydrogens is 463 g/mol. The van der Waals surface area contributed by atoms with Gasteiger partial charge in [-0.3, -0.25) is 4.79 Å². The second kappa shape index (κ2) is 10.1. The highest BCUT2D eigenvalue weighted by Gasteiger charge is 2.41. The van der Waals surface area contributed by atoms with E-state index in [0.29, 0.717) is 5.31 Å². The second-order valence-corrected chi connectivity index (χ2v) is 12.3. The fourth-order valence-corrected chi connectivity index (χ4v) is 9.97. The van der Waals surface area contributed by atoms with Crippen molar-refractivity contribution in [3.63, 3.8) is 0 Å². The molecule has 3 aromatic rings. The zero-order chi connectivity index (χ0) is 25.1. The molecule has 4 nitrogen and oxygen atoms in total. The molecule has 0 amide bonds. The Bertz CT molecular complexity index is 1400. The SMILES string of the molecule is COc1ccc(C2=CC(N3CCCC3)=C(C#N)P(c3ccccc3)(c3ccccc3)=C2C(C)=O)cc1. The van der Waals surface area contributed by atoms with Gasteiger partial charge in [0.25, 0.3) is 0 Å². The summed E-state index contributed by atoms with van der Waals surface area (Å²) in [7, 11) is 1.65. The van der Waals surface area contributed by atoms with Crippen molar-refractivity contribution in [1.29, 1.82) is 5.26 Å². The van der Waals surface area contributed by atoms with E-state index in [4.69, 9.17) is 4.74 Å². The summed E-state index contributed by atoms with van der Waals surface area (Å²) in [6.45, 7) is 0.683. The molecule has 0 bridgehead atoms. The van der Waals surface area contributed by atoms with Crippen molar-refractivity contribution < 1.29 is 9.53 Å². The number of nitriles is 1. The molecule has 0 aromatic heterocycles. The molecule has 2 aliphatic heterocycles. The van der Waals surface area contributed by atoms with Gasteiger partial charge in [-0.2, -0.15) is 5.26 Å². The number of likely N-dealkylation sites (tertiary alicyclic amines) is 1. The predicted octanol–water partition coefficient (Wildman–Crippen LogP) is 5.35. The van der Waals surface area contributed by atoms with Crippen LogP contribution < -0.4 is 15.3 Å². The van der Waals surface area contributed by atoms with Crippen LogP contribution in [0.3, 0.4) is 0 Å². The van der Waals surface area contributed by atoms with Gasteiger partial charge in [-0.25, -0.2) is 0 Å². The molecule has 1 saturated heterocycles.